The average Bonchev–Trinajstić information content (AvgIpc) is 3.57. The minimum absolute atomic E-state index is 0.0362. The molecule has 8 nitrogen and oxygen atoms in total. The van der Waals surface area contributed by atoms with Gasteiger partial charge >= 0.3 is 0 Å². The van der Waals surface area contributed by atoms with Crippen LogP contribution >= 0.6 is 0 Å². The molecule has 2 amide bonds. The quantitative estimate of drug-likeness (QED) is 0.652. The van der Waals surface area contributed by atoms with Crippen LogP contribution < -0.4 is 0 Å². The SMILES string of the molecule is CC(C)n1nccc1[C@H]1CN(C(=O)c2cc[nH]c2)C[C@@]12CCCN(Cc1cccnc1)C2=O. The van der Waals surface area contributed by atoms with Crippen LogP contribution in [-0.4, -0.2) is 61.0 Å². The number of rotatable bonds is 5. The molecule has 5 rings (SSSR count). The normalized spacial score (nSPS) is 23.1. The molecule has 0 aliphatic carbocycles. The fourth-order valence-corrected chi connectivity index (χ4v) is 5.55. The van der Waals surface area contributed by atoms with Crippen LogP contribution in [0.15, 0.2) is 55.2 Å². The van der Waals surface area contributed by atoms with Gasteiger partial charge in [-0.2, -0.15) is 5.10 Å². The van der Waals surface area contributed by atoms with E-state index in [0.717, 1.165) is 30.6 Å². The molecule has 2 fully saturated rings. The van der Waals surface area contributed by atoms with Gasteiger partial charge in [0.2, 0.25) is 5.91 Å². The zero-order chi connectivity index (χ0) is 23.0. The Morgan fingerprint density at radius 2 is 2.15 bits per heavy atom. The molecule has 0 saturated carbocycles. The third-order valence-electron chi connectivity index (χ3n) is 7.08. The Labute approximate surface area is 193 Å². The summed E-state index contributed by atoms with van der Waals surface area (Å²) in [6.45, 7) is 6.38. The lowest BCUT2D eigenvalue weighted by atomic mass is 9.70. The molecule has 2 saturated heterocycles. The van der Waals surface area contributed by atoms with E-state index in [1.807, 2.05) is 38.9 Å². The van der Waals surface area contributed by atoms with Gasteiger partial charge in [-0.05, 0) is 50.5 Å². The zero-order valence-electron chi connectivity index (χ0n) is 19.1. The molecule has 5 heterocycles. The fraction of sp³-hybridized carbons (Fsp3) is 0.440. The Morgan fingerprint density at radius 3 is 2.88 bits per heavy atom. The second-order valence-corrected chi connectivity index (χ2v) is 9.48. The summed E-state index contributed by atoms with van der Waals surface area (Å²) >= 11 is 0. The molecular weight excluding hydrogens is 416 g/mol. The Morgan fingerprint density at radius 1 is 1.27 bits per heavy atom. The van der Waals surface area contributed by atoms with Crippen LogP contribution in [0.5, 0.6) is 0 Å². The molecule has 2 aliphatic heterocycles. The molecule has 0 unspecified atom stereocenters. The van der Waals surface area contributed by atoms with E-state index in [2.05, 4.69) is 28.9 Å². The highest BCUT2D eigenvalue weighted by molar-refractivity contribution is 5.95. The number of hydrogen-bond acceptors (Lipinski definition) is 4. The molecule has 1 spiro atoms. The highest BCUT2D eigenvalue weighted by atomic mass is 16.2. The Kier molecular flexibility index (Phi) is 5.52. The number of carbonyl (C=O) groups excluding carboxylic acids is 2. The number of amides is 2. The van der Waals surface area contributed by atoms with Crippen molar-refractivity contribution in [2.45, 2.75) is 45.2 Å². The second kappa shape index (κ2) is 8.50. The first-order chi connectivity index (χ1) is 16.0. The highest BCUT2D eigenvalue weighted by Crippen LogP contribution is 2.50. The minimum Gasteiger partial charge on any atom is -0.367 e. The van der Waals surface area contributed by atoms with E-state index >= 15 is 0 Å². The topological polar surface area (TPSA) is 87.1 Å². The van der Waals surface area contributed by atoms with Gasteiger partial charge in [-0.25, -0.2) is 0 Å². The second-order valence-electron chi connectivity index (χ2n) is 9.48. The Hall–Kier alpha value is -3.42. The van der Waals surface area contributed by atoms with Gasteiger partial charge in [-0.1, -0.05) is 6.07 Å². The van der Waals surface area contributed by atoms with Crippen LogP contribution in [0.1, 0.15) is 60.3 Å². The van der Waals surface area contributed by atoms with Crippen molar-refractivity contribution in [1.82, 2.24) is 29.5 Å². The van der Waals surface area contributed by atoms with Crippen LogP contribution in [0, 0.1) is 5.41 Å². The van der Waals surface area contributed by atoms with Gasteiger partial charge in [0, 0.05) is 74.8 Å². The van der Waals surface area contributed by atoms with Crippen molar-refractivity contribution in [3.05, 3.63) is 72.1 Å². The summed E-state index contributed by atoms with van der Waals surface area (Å²) in [6, 6.07) is 7.88. The van der Waals surface area contributed by atoms with Gasteiger partial charge in [0.1, 0.15) is 0 Å². The molecule has 2 atom stereocenters. The molecule has 0 radical (unpaired) electrons. The van der Waals surface area contributed by atoms with Gasteiger partial charge in [-0.3, -0.25) is 19.3 Å². The summed E-state index contributed by atoms with van der Waals surface area (Å²) in [5.41, 5.74) is 2.02. The molecule has 3 aromatic rings. The number of likely N-dealkylation sites (tertiary alicyclic amines) is 2. The third-order valence-corrected chi connectivity index (χ3v) is 7.08. The van der Waals surface area contributed by atoms with Gasteiger partial charge in [0.25, 0.3) is 5.91 Å². The number of aromatic nitrogens is 4. The van der Waals surface area contributed by atoms with Crippen molar-refractivity contribution in [1.29, 1.82) is 0 Å². The molecule has 0 aromatic carbocycles. The number of nitrogens with zero attached hydrogens (tertiary/aromatic N) is 5. The van der Waals surface area contributed by atoms with Gasteiger partial charge in [0.15, 0.2) is 0 Å². The van der Waals surface area contributed by atoms with Gasteiger partial charge in [-0.15, -0.1) is 0 Å². The van der Waals surface area contributed by atoms with Crippen LogP contribution in [0.3, 0.4) is 0 Å². The number of H-pyrrole nitrogens is 1. The standard InChI is InChI=1S/C25H30N6O2/c1-18(2)31-22(7-11-28-31)21-16-30(23(32)20-6-10-27-14-20)17-25(21)8-4-12-29(24(25)33)15-19-5-3-9-26-13-19/h3,5-7,9-11,13-14,18,21,27H,4,8,12,15-17H2,1-2H3/t21-,25+/m1/s1. The lowest BCUT2D eigenvalue weighted by Gasteiger charge is -2.42. The van der Waals surface area contributed by atoms with Crippen LogP contribution in [-0.2, 0) is 11.3 Å². The van der Waals surface area contributed by atoms with Crippen molar-refractivity contribution in [2.24, 2.45) is 5.41 Å². The van der Waals surface area contributed by atoms with Crippen molar-refractivity contribution in [3.63, 3.8) is 0 Å². The first-order valence-electron chi connectivity index (χ1n) is 11.6. The number of aromatic amines is 1. The maximum Gasteiger partial charge on any atom is 0.255 e. The number of hydrogen-bond donors (Lipinski definition) is 1. The molecular formula is C25H30N6O2. The summed E-state index contributed by atoms with van der Waals surface area (Å²) in [5.74, 6) is -0.0103. The molecule has 172 valence electrons. The lowest BCUT2D eigenvalue weighted by Crippen LogP contribution is -2.52. The van der Waals surface area contributed by atoms with Gasteiger partial charge in [0.05, 0.1) is 11.0 Å². The maximum atomic E-state index is 14.1. The van der Waals surface area contributed by atoms with E-state index < -0.39 is 5.41 Å². The summed E-state index contributed by atoms with van der Waals surface area (Å²) < 4.78 is 2.00. The first-order valence-corrected chi connectivity index (χ1v) is 11.6. The molecule has 8 heteroatoms. The highest BCUT2D eigenvalue weighted by Gasteiger charge is 2.57. The molecule has 0 bridgehead atoms. The Bertz CT molecular complexity index is 1120. The zero-order valence-corrected chi connectivity index (χ0v) is 19.1. The number of carbonyl (C=O) groups is 2. The van der Waals surface area contributed by atoms with Crippen LogP contribution in [0.2, 0.25) is 0 Å². The Balaban J connectivity index is 1.52. The monoisotopic (exact) mass is 446 g/mol. The molecule has 1 N–H and O–H groups in total. The van der Waals surface area contributed by atoms with Crippen LogP contribution in [0.4, 0.5) is 0 Å². The van der Waals surface area contributed by atoms with E-state index in [1.54, 1.807) is 30.9 Å². The van der Waals surface area contributed by atoms with E-state index in [-0.39, 0.29) is 23.8 Å². The van der Waals surface area contributed by atoms with E-state index in [9.17, 15) is 9.59 Å². The van der Waals surface area contributed by atoms with Crippen molar-refractivity contribution >= 4 is 11.8 Å². The predicted molar refractivity (Wildman–Crippen MR) is 123 cm³/mol. The van der Waals surface area contributed by atoms with Gasteiger partial charge < -0.3 is 14.8 Å². The summed E-state index contributed by atoms with van der Waals surface area (Å²) in [5, 5.41) is 4.54. The summed E-state index contributed by atoms with van der Waals surface area (Å²) in [6.07, 6.45) is 10.5. The lowest BCUT2D eigenvalue weighted by molar-refractivity contribution is -0.147. The third kappa shape index (κ3) is 3.73. The van der Waals surface area contributed by atoms with Crippen molar-refractivity contribution in [3.8, 4) is 0 Å². The molecule has 33 heavy (non-hydrogen) atoms. The number of nitrogens with one attached hydrogen (secondary N) is 1. The smallest absolute Gasteiger partial charge is 0.255 e. The van der Waals surface area contributed by atoms with Crippen molar-refractivity contribution in [2.75, 3.05) is 19.6 Å². The van der Waals surface area contributed by atoms with E-state index in [4.69, 9.17) is 0 Å². The van der Waals surface area contributed by atoms with E-state index in [1.165, 1.54) is 0 Å². The first kappa shape index (κ1) is 21.4. The number of pyridine rings is 1. The maximum absolute atomic E-state index is 14.1. The van der Waals surface area contributed by atoms with E-state index in [0.29, 0.717) is 25.2 Å². The molecule has 3 aromatic heterocycles. The average molecular weight is 447 g/mol. The summed E-state index contributed by atoms with van der Waals surface area (Å²) in [7, 11) is 0. The predicted octanol–water partition coefficient (Wildman–Crippen LogP) is 3.24. The number of piperidine rings is 1. The fourth-order valence-electron chi connectivity index (χ4n) is 5.55. The van der Waals surface area contributed by atoms with Crippen LogP contribution in [0.25, 0.3) is 0 Å². The largest absolute Gasteiger partial charge is 0.367 e. The molecule has 2 aliphatic rings. The summed E-state index contributed by atoms with van der Waals surface area (Å²) in [4.78, 5) is 38.4. The minimum atomic E-state index is -0.654. The van der Waals surface area contributed by atoms with Crippen molar-refractivity contribution < 1.29 is 9.59 Å².